The van der Waals surface area contributed by atoms with Gasteiger partial charge in [0.1, 0.15) is 6.33 Å². The molecule has 0 unspecified atom stereocenters. The lowest BCUT2D eigenvalue weighted by Gasteiger charge is -2.24. The Morgan fingerprint density at radius 2 is 2.00 bits per heavy atom. The summed E-state index contributed by atoms with van der Waals surface area (Å²) in [5.41, 5.74) is 2.48. The lowest BCUT2D eigenvalue weighted by molar-refractivity contribution is 0.359. The largest absolute Gasteiger partial charge is 0.317 e. The molecule has 7 nitrogen and oxygen atoms in total. The highest BCUT2D eigenvalue weighted by molar-refractivity contribution is 5.77. The summed E-state index contributed by atoms with van der Waals surface area (Å²) in [5.74, 6) is -0.415. The number of aromatic nitrogens is 5. The Balaban J connectivity index is 1.59. The van der Waals surface area contributed by atoms with E-state index in [2.05, 4.69) is 20.3 Å². The van der Waals surface area contributed by atoms with Crippen molar-refractivity contribution in [2.45, 2.75) is 25.8 Å². The third kappa shape index (κ3) is 2.77. The maximum atomic E-state index is 14.4. The molecule has 5 heterocycles. The molecule has 0 aromatic carbocycles. The minimum absolute atomic E-state index is 0.0807. The van der Waals surface area contributed by atoms with Crippen molar-refractivity contribution in [3.63, 3.8) is 0 Å². The molecule has 1 aliphatic rings. The van der Waals surface area contributed by atoms with Crippen LogP contribution in [0.3, 0.4) is 0 Å². The van der Waals surface area contributed by atoms with Crippen molar-refractivity contribution < 1.29 is 4.39 Å². The second-order valence-corrected chi connectivity index (χ2v) is 7.20. The summed E-state index contributed by atoms with van der Waals surface area (Å²) in [6.45, 7) is 3.61. The van der Waals surface area contributed by atoms with E-state index in [1.807, 2.05) is 6.92 Å². The summed E-state index contributed by atoms with van der Waals surface area (Å²) in [7, 11) is 0. The van der Waals surface area contributed by atoms with Crippen molar-refractivity contribution in [2.75, 3.05) is 13.1 Å². The zero-order chi connectivity index (χ0) is 19.3. The van der Waals surface area contributed by atoms with Crippen LogP contribution in [0.25, 0.3) is 27.9 Å². The molecule has 0 radical (unpaired) electrons. The number of nitrogens with one attached hydrogen (secondary N) is 1. The number of imidazole rings is 1. The number of hydrogen-bond acceptors (Lipinski definition) is 5. The van der Waals surface area contributed by atoms with Gasteiger partial charge in [-0.15, -0.1) is 0 Å². The van der Waals surface area contributed by atoms with Gasteiger partial charge in [-0.2, -0.15) is 0 Å². The number of fused-ring (bicyclic) bond motifs is 2. The maximum Gasteiger partial charge on any atom is 0.263 e. The zero-order valence-corrected chi connectivity index (χ0v) is 15.4. The smallest absolute Gasteiger partial charge is 0.263 e. The maximum absolute atomic E-state index is 14.4. The van der Waals surface area contributed by atoms with E-state index in [1.165, 1.54) is 6.07 Å². The van der Waals surface area contributed by atoms with Gasteiger partial charge in [0, 0.05) is 24.0 Å². The van der Waals surface area contributed by atoms with Crippen LogP contribution in [0.4, 0.5) is 4.39 Å². The fourth-order valence-corrected chi connectivity index (χ4v) is 3.85. The lowest BCUT2D eigenvalue weighted by atomic mass is 10.1. The minimum Gasteiger partial charge on any atom is -0.317 e. The number of halogens is 1. The fraction of sp³-hybridized carbons (Fsp3) is 0.300. The average molecular weight is 378 g/mol. The number of pyridine rings is 2. The zero-order valence-electron chi connectivity index (χ0n) is 15.4. The predicted octanol–water partition coefficient (Wildman–Crippen LogP) is 2.48. The quantitative estimate of drug-likeness (QED) is 0.580. The molecule has 4 aromatic rings. The van der Waals surface area contributed by atoms with Gasteiger partial charge in [0.2, 0.25) is 0 Å². The minimum atomic E-state index is -0.415. The number of rotatable bonds is 2. The Kier molecular flexibility index (Phi) is 3.94. The molecule has 0 amide bonds. The first kappa shape index (κ1) is 17.0. The molecule has 28 heavy (non-hydrogen) atoms. The van der Waals surface area contributed by atoms with E-state index in [4.69, 9.17) is 0 Å². The molecular formula is C20H19FN6O. The Labute approximate surface area is 159 Å². The number of aryl methyl sites for hydroxylation is 1. The van der Waals surface area contributed by atoms with Crippen LogP contribution in [0.15, 0.2) is 41.7 Å². The van der Waals surface area contributed by atoms with Crippen molar-refractivity contribution in [3.8, 4) is 11.3 Å². The molecule has 4 aromatic heterocycles. The normalized spacial score (nSPS) is 15.5. The fourth-order valence-electron chi connectivity index (χ4n) is 3.85. The van der Waals surface area contributed by atoms with E-state index in [0.29, 0.717) is 22.3 Å². The lowest BCUT2D eigenvalue weighted by Crippen LogP contribution is -2.34. The molecule has 1 saturated heterocycles. The van der Waals surface area contributed by atoms with Gasteiger partial charge in [-0.05, 0) is 51.1 Å². The number of piperidine rings is 1. The monoisotopic (exact) mass is 378 g/mol. The van der Waals surface area contributed by atoms with Gasteiger partial charge in [0.15, 0.2) is 17.1 Å². The molecule has 0 spiro atoms. The van der Waals surface area contributed by atoms with Gasteiger partial charge in [-0.3, -0.25) is 9.36 Å². The molecule has 8 heteroatoms. The third-order valence-electron chi connectivity index (χ3n) is 5.27. The molecule has 1 N–H and O–H groups in total. The Morgan fingerprint density at radius 3 is 2.82 bits per heavy atom. The molecule has 0 aliphatic carbocycles. The summed E-state index contributed by atoms with van der Waals surface area (Å²) in [6, 6.07) is 5.03. The van der Waals surface area contributed by atoms with Gasteiger partial charge in [-0.1, -0.05) is 0 Å². The van der Waals surface area contributed by atoms with E-state index < -0.39 is 5.82 Å². The SMILES string of the molecule is Cc1cn2cc(-c3ccc4c(=O)n(C5CCNCC5)cnc4n3)cc(F)c2n1. The average Bonchev–Trinajstić information content (AvgIpc) is 3.09. The summed E-state index contributed by atoms with van der Waals surface area (Å²) in [6.07, 6.45) is 6.94. The second kappa shape index (κ2) is 6.49. The first-order chi connectivity index (χ1) is 13.6. The van der Waals surface area contributed by atoms with Gasteiger partial charge >= 0.3 is 0 Å². The topological polar surface area (TPSA) is 77.1 Å². The Morgan fingerprint density at radius 1 is 1.18 bits per heavy atom. The van der Waals surface area contributed by atoms with Crippen molar-refractivity contribution in [1.82, 2.24) is 29.2 Å². The summed E-state index contributed by atoms with van der Waals surface area (Å²) >= 11 is 0. The van der Waals surface area contributed by atoms with Crippen LogP contribution in [-0.2, 0) is 0 Å². The van der Waals surface area contributed by atoms with E-state index in [-0.39, 0.29) is 17.2 Å². The van der Waals surface area contributed by atoms with Crippen LogP contribution in [0.5, 0.6) is 0 Å². The number of nitrogens with zero attached hydrogens (tertiary/aromatic N) is 5. The van der Waals surface area contributed by atoms with E-state index in [1.54, 1.807) is 39.8 Å². The predicted molar refractivity (Wildman–Crippen MR) is 104 cm³/mol. The van der Waals surface area contributed by atoms with E-state index >= 15 is 0 Å². The van der Waals surface area contributed by atoms with E-state index in [9.17, 15) is 9.18 Å². The molecule has 1 aliphatic heterocycles. The van der Waals surface area contributed by atoms with Crippen LogP contribution in [-0.4, -0.2) is 37.0 Å². The highest BCUT2D eigenvalue weighted by Gasteiger charge is 2.18. The highest BCUT2D eigenvalue weighted by Crippen LogP contribution is 2.23. The van der Waals surface area contributed by atoms with Crippen LogP contribution in [0.2, 0.25) is 0 Å². The second-order valence-electron chi connectivity index (χ2n) is 7.20. The van der Waals surface area contributed by atoms with Crippen molar-refractivity contribution in [3.05, 3.63) is 58.8 Å². The Bertz CT molecular complexity index is 1260. The van der Waals surface area contributed by atoms with Crippen LogP contribution < -0.4 is 10.9 Å². The van der Waals surface area contributed by atoms with Crippen molar-refractivity contribution in [1.29, 1.82) is 0 Å². The van der Waals surface area contributed by atoms with Crippen LogP contribution >= 0.6 is 0 Å². The molecule has 1 fully saturated rings. The molecule has 5 rings (SSSR count). The van der Waals surface area contributed by atoms with Gasteiger partial charge in [0.05, 0.1) is 16.8 Å². The van der Waals surface area contributed by atoms with Crippen LogP contribution in [0, 0.1) is 12.7 Å². The first-order valence-electron chi connectivity index (χ1n) is 9.34. The summed E-state index contributed by atoms with van der Waals surface area (Å²) in [5, 5.41) is 3.78. The van der Waals surface area contributed by atoms with Gasteiger partial charge < -0.3 is 9.72 Å². The third-order valence-corrected chi connectivity index (χ3v) is 5.27. The molecule has 0 saturated carbocycles. The highest BCUT2D eigenvalue weighted by atomic mass is 19.1. The van der Waals surface area contributed by atoms with Crippen molar-refractivity contribution >= 4 is 16.7 Å². The summed E-state index contributed by atoms with van der Waals surface area (Å²) < 4.78 is 17.8. The molecule has 142 valence electrons. The molecular weight excluding hydrogens is 359 g/mol. The Hall–Kier alpha value is -3.13. The summed E-state index contributed by atoms with van der Waals surface area (Å²) in [4.78, 5) is 26.0. The van der Waals surface area contributed by atoms with Gasteiger partial charge in [-0.25, -0.2) is 19.3 Å². The van der Waals surface area contributed by atoms with E-state index in [0.717, 1.165) is 31.6 Å². The number of hydrogen-bond donors (Lipinski definition) is 1. The molecule has 0 bridgehead atoms. The standard InChI is InChI=1S/C20H19FN6O/c1-12-9-26-10-13(8-16(21)19(26)24-12)17-3-2-15-18(25-17)23-11-27(20(15)28)14-4-6-22-7-5-14/h2-3,8-11,14,22H,4-7H2,1H3. The van der Waals surface area contributed by atoms with Crippen LogP contribution in [0.1, 0.15) is 24.6 Å². The van der Waals surface area contributed by atoms with Gasteiger partial charge in [0.25, 0.3) is 5.56 Å². The first-order valence-corrected chi connectivity index (χ1v) is 9.34. The molecule has 0 atom stereocenters. The van der Waals surface area contributed by atoms with Crippen molar-refractivity contribution in [2.24, 2.45) is 0 Å².